The lowest BCUT2D eigenvalue weighted by Crippen LogP contribution is -2.50. The maximum absolute atomic E-state index is 5.65. The van der Waals surface area contributed by atoms with E-state index in [4.69, 9.17) is 15.6 Å². The number of aliphatic imine (C=N–C) groups is 1. The smallest absolute Gasteiger partial charge is 0.208 e. The summed E-state index contributed by atoms with van der Waals surface area (Å²) in [6.07, 6.45) is 6.00. The number of nitrogens with zero attached hydrogens (tertiary/aromatic N) is 2. The highest BCUT2D eigenvalue weighted by atomic mass is 16.5. The van der Waals surface area contributed by atoms with E-state index >= 15 is 0 Å². The lowest BCUT2D eigenvalue weighted by Gasteiger charge is -2.31. The van der Waals surface area contributed by atoms with E-state index in [1.54, 1.807) is 7.11 Å². The van der Waals surface area contributed by atoms with E-state index in [0.717, 1.165) is 18.9 Å². The zero-order chi connectivity index (χ0) is 13.4. The van der Waals surface area contributed by atoms with E-state index in [1.165, 1.54) is 25.7 Å². The molecule has 1 aliphatic carbocycles. The molecule has 0 aromatic carbocycles. The molecule has 5 heteroatoms. The van der Waals surface area contributed by atoms with Gasteiger partial charge in [0.05, 0.1) is 12.6 Å². The van der Waals surface area contributed by atoms with Gasteiger partial charge in [-0.2, -0.15) is 0 Å². The van der Waals surface area contributed by atoms with Gasteiger partial charge < -0.3 is 9.64 Å². The highest BCUT2D eigenvalue weighted by molar-refractivity contribution is 5.79. The molecule has 1 atom stereocenters. The first-order valence-corrected chi connectivity index (χ1v) is 7.02. The van der Waals surface area contributed by atoms with Crippen LogP contribution in [0.1, 0.15) is 46.0 Å². The number of hydrogen-bond donors (Lipinski definition) is 2. The Kier molecular flexibility index (Phi) is 7.05. The van der Waals surface area contributed by atoms with Crippen molar-refractivity contribution in [2.75, 3.05) is 20.3 Å². The normalized spacial score (nSPS) is 19.0. The van der Waals surface area contributed by atoms with E-state index in [0.29, 0.717) is 18.7 Å². The van der Waals surface area contributed by atoms with Gasteiger partial charge in [0, 0.05) is 19.7 Å². The summed E-state index contributed by atoms with van der Waals surface area (Å²) >= 11 is 0. The zero-order valence-corrected chi connectivity index (χ0v) is 12.0. The Hall–Kier alpha value is -0.810. The molecule has 0 aliphatic heterocycles. The van der Waals surface area contributed by atoms with Crippen molar-refractivity contribution in [2.45, 2.75) is 58.0 Å². The van der Waals surface area contributed by atoms with Crippen LogP contribution >= 0.6 is 0 Å². The minimum absolute atomic E-state index is 0.413. The Balaban J connectivity index is 2.70. The molecule has 0 spiro atoms. The molecule has 18 heavy (non-hydrogen) atoms. The van der Waals surface area contributed by atoms with Crippen molar-refractivity contribution >= 4 is 5.96 Å². The summed E-state index contributed by atoms with van der Waals surface area (Å²) in [6.45, 7) is 5.88. The molecule has 0 aromatic rings. The molecule has 1 rings (SSSR count). The van der Waals surface area contributed by atoms with Crippen LogP contribution in [0.4, 0.5) is 0 Å². The maximum Gasteiger partial charge on any atom is 0.208 e. The summed E-state index contributed by atoms with van der Waals surface area (Å²) in [7, 11) is 1.72. The van der Waals surface area contributed by atoms with Crippen molar-refractivity contribution in [1.82, 2.24) is 10.3 Å². The van der Waals surface area contributed by atoms with Gasteiger partial charge in [-0.1, -0.05) is 19.8 Å². The predicted molar refractivity (Wildman–Crippen MR) is 75.3 cm³/mol. The molecule has 3 N–H and O–H groups in total. The summed E-state index contributed by atoms with van der Waals surface area (Å²) < 4.78 is 5.17. The number of nitrogens with two attached hydrogens (primary N) is 1. The largest absolute Gasteiger partial charge is 0.383 e. The molecule has 0 saturated heterocycles. The first kappa shape index (κ1) is 15.2. The zero-order valence-electron chi connectivity index (χ0n) is 12.0. The van der Waals surface area contributed by atoms with E-state index in [1.807, 2.05) is 0 Å². The fourth-order valence-electron chi connectivity index (χ4n) is 2.35. The Bertz CT molecular complexity index is 251. The van der Waals surface area contributed by atoms with Gasteiger partial charge in [0.25, 0.3) is 0 Å². The van der Waals surface area contributed by atoms with Gasteiger partial charge in [0.15, 0.2) is 0 Å². The van der Waals surface area contributed by atoms with Crippen LogP contribution in [0.2, 0.25) is 0 Å². The Morgan fingerprint density at radius 2 is 2.17 bits per heavy atom. The minimum Gasteiger partial charge on any atom is -0.383 e. The standard InChI is InChI=1S/C13H28N4O/c1-4-11(2)17(9-10-18-3)13(16-14)15-12-7-5-6-8-12/h11-12H,4-10,14H2,1-3H3,(H,15,16). The molecule has 1 saturated carbocycles. The SMILES string of the molecule is CCC(C)N(CCOC)C(=NC1CCCC1)NN. The number of ether oxygens (including phenoxy) is 1. The molecule has 1 unspecified atom stereocenters. The molecule has 106 valence electrons. The van der Waals surface area contributed by atoms with Crippen molar-refractivity contribution in [3.63, 3.8) is 0 Å². The molecule has 5 nitrogen and oxygen atoms in total. The van der Waals surface area contributed by atoms with Gasteiger partial charge in [-0.05, 0) is 26.2 Å². The Morgan fingerprint density at radius 3 is 2.67 bits per heavy atom. The van der Waals surface area contributed by atoms with Gasteiger partial charge in [-0.15, -0.1) is 0 Å². The van der Waals surface area contributed by atoms with Gasteiger partial charge in [0.2, 0.25) is 5.96 Å². The predicted octanol–water partition coefficient (Wildman–Crippen LogP) is 1.50. The lowest BCUT2D eigenvalue weighted by atomic mass is 10.2. The summed E-state index contributed by atoms with van der Waals surface area (Å²) in [5.41, 5.74) is 2.77. The van der Waals surface area contributed by atoms with Crippen LogP contribution in [0, 0.1) is 0 Å². The van der Waals surface area contributed by atoms with Crippen molar-refractivity contribution in [3.8, 4) is 0 Å². The second kappa shape index (κ2) is 8.32. The van der Waals surface area contributed by atoms with Crippen LogP contribution < -0.4 is 11.3 Å². The summed E-state index contributed by atoms with van der Waals surface area (Å²) in [6, 6.07) is 0.849. The van der Waals surface area contributed by atoms with E-state index in [-0.39, 0.29) is 0 Å². The first-order valence-electron chi connectivity index (χ1n) is 7.02. The summed E-state index contributed by atoms with van der Waals surface area (Å²) in [5.74, 6) is 6.47. The molecular formula is C13H28N4O. The van der Waals surface area contributed by atoms with Crippen LogP contribution in [0.25, 0.3) is 0 Å². The Morgan fingerprint density at radius 1 is 1.50 bits per heavy atom. The van der Waals surface area contributed by atoms with Crippen molar-refractivity contribution in [1.29, 1.82) is 0 Å². The van der Waals surface area contributed by atoms with Crippen molar-refractivity contribution in [3.05, 3.63) is 0 Å². The number of nitrogens with one attached hydrogen (secondary N) is 1. The maximum atomic E-state index is 5.65. The average molecular weight is 256 g/mol. The van der Waals surface area contributed by atoms with Gasteiger partial charge in [-0.25, -0.2) is 10.8 Å². The lowest BCUT2D eigenvalue weighted by molar-refractivity contribution is 0.161. The fourth-order valence-corrected chi connectivity index (χ4v) is 2.35. The van der Waals surface area contributed by atoms with Gasteiger partial charge in [-0.3, -0.25) is 5.43 Å². The van der Waals surface area contributed by atoms with Gasteiger partial charge in [0.1, 0.15) is 0 Å². The third-order valence-electron chi connectivity index (χ3n) is 3.69. The quantitative estimate of drug-likeness (QED) is 0.327. The van der Waals surface area contributed by atoms with E-state index in [9.17, 15) is 0 Å². The van der Waals surface area contributed by atoms with Crippen LogP contribution in [-0.2, 0) is 4.74 Å². The highest BCUT2D eigenvalue weighted by Gasteiger charge is 2.20. The molecular weight excluding hydrogens is 228 g/mol. The molecule has 0 aromatic heterocycles. The molecule has 0 radical (unpaired) electrons. The Labute approximate surface area is 111 Å². The van der Waals surface area contributed by atoms with Crippen LogP contribution in [0.3, 0.4) is 0 Å². The number of rotatable bonds is 6. The highest BCUT2D eigenvalue weighted by Crippen LogP contribution is 2.21. The number of methoxy groups -OCH3 is 1. The third-order valence-corrected chi connectivity index (χ3v) is 3.69. The first-order chi connectivity index (χ1) is 8.72. The van der Waals surface area contributed by atoms with Crippen LogP contribution in [-0.4, -0.2) is 43.2 Å². The number of hydrazine groups is 1. The second-order valence-corrected chi connectivity index (χ2v) is 4.98. The molecule has 1 aliphatic rings. The van der Waals surface area contributed by atoms with Gasteiger partial charge >= 0.3 is 0 Å². The summed E-state index contributed by atoms with van der Waals surface area (Å²) in [5, 5.41) is 0. The average Bonchev–Trinajstić information content (AvgIpc) is 2.90. The molecule has 1 fully saturated rings. The van der Waals surface area contributed by atoms with Crippen molar-refractivity contribution < 1.29 is 4.74 Å². The minimum atomic E-state index is 0.413. The van der Waals surface area contributed by atoms with Crippen LogP contribution in [0.5, 0.6) is 0 Å². The number of hydrogen-bond acceptors (Lipinski definition) is 3. The summed E-state index contributed by atoms with van der Waals surface area (Å²) in [4.78, 5) is 6.98. The molecule has 0 amide bonds. The van der Waals surface area contributed by atoms with Crippen molar-refractivity contribution in [2.24, 2.45) is 10.8 Å². The van der Waals surface area contributed by atoms with E-state index < -0.39 is 0 Å². The molecule has 0 bridgehead atoms. The third kappa shape index (κ3) is 4.46. The number of guanidine groups is 1. The topological polar surface area (TPSA) is 62.9 Å². The second-order valence-electron chi connectivity index (χ2n) is 4.98. The van der Waals surface area contributed by atoms with Crippen LogP contribution in [0.15, 0.2) is 4.99 Å². The van der Waals surface area contributed by atoms with E-state index in [2.05, 4.69) is 24.2 Å². The fraction of sp³-hybridized carbons (Fsp3) is 0.923. The molecule has 0 heterocycles. The monoisotopic (exact) mass is 256 g/mol.